The summed E-state index contributed by atoms with van der Waals surface area (Å²) < 4.78 is 1.51. The number of carbonyl (C=O) groups is 1. The van der Waals surface area contributed by atoms with Gasteiger partial charge in [-0.2, -0.15) is 0 Å². The highest BCUT2D eigenvalue weighted by Crippen LogP contribution is 2.25. The predicted octanol–water partition coefficient (Wildman–Crippen LogP) is 3.72. The molecule has 0 bridgehead atoms. The Morgan fingerprint density at radius 1 is 1.11 bits per heavy atom. The third-order valence-electron chi connectivity index (χ3n) is 2.59. The maximum absolute atomic E-state index is 12.1. The van der Waals surface area contributed by atoms with Crippen LogP contribution in [0.25, 0.3) is 0 Å². The van der Waals surface area contributed by atoms with Gasteiger partial charge in [-0.1, -0.05) is 18.2 Å². The number of halogens is 2. The molecule has 98 valence electrons. The number of carbonyl (C=O) groups excluding carboxylic acids is 1. The summed E-state index contributed by atoms with van der Waals surface area (Å²) in [5.41, 5.74) is 7.94. The second-order valence-electron chi connectivity index (χ2n) is 4.02. The molecule has 0 spiro atoms. The third-order valence-corrected chi connectivity index (χ3v) is 3.92. The smallest absolute Gasteiger partial charge is 0.253 e. The van der Waals surface area contributed by atoms with E-state index in [4.69, 9.17) is 5.73 Å². The van der Waals surface area contributed by atoms with Gasteiger partial charge in [0, 0.05) is 21.2 Å². The number of nitrogen functional groups attached to an aromatic ring is 1. The van der Waals surface area contributed by atoms with Crippen LogP contribution in [-0.4, -0.2) is 5.91 Å². The van der Waals surface area contributed by atoms with Gasteiger partial charge in [0.15, 0.2) is 0 Å². The summed E-state index contributed by atoms with van der Waals surface area (Å²) in [6.45, 7) is 0.442. The number of benzene rings is 2. The molecular weight excluding hydrogens is 372 g/mol. The lowest BCUT2D eigenvalue weighted by molar-refractivity contribution is 0.0949. The van der Waals surface area contributed by atoms with Gasteiger partial charge in [0.1, 0.15) is 0 Å². The van der Waals surface area contributed by atoms with Crippen molar-refractivity contribution in [2.45, 2.75) is 6.54 Å². The summed E-state index contributed by atoms with van der Waals surface area (Å²) in [7, 11) is 0. The fourth-order valence-corrected chi connectivity index (χ4v) is 3.05. The standard InChI is InChI=1S/C14H12Br2N2O/c15-11-5-2-6-12(16)13(11)14(19)18-8-9-3-1-4-10(17)7-9/h1-7H,8,17H2,(H,18,19). The van der Waals surface area contributed by atoms with Crippen molar-refractivity contribution in [1.82, 2.24) is 5.32 Å². The van der Waals surface area contributed by atoms with Crippen LogP contribution < -0.4 is 11.1 Å². The molecule has 3 nitrogen and oxygen atoms in total. The Labute approximate surface area is 128 Å². The first-order chi connectivity index (χ1) is 9.08. The molecule has 0 aliphatic heterocycles. The van der Waals surface area contributed by atoms with Crippen LogP contribution in [-0.2, 0) is 6.54 Å². The molecule has 0 saturated carbocycles. The zero-order chi connectivity index (χ0) is 13.8. The van der Waals surface area contributed by atoms with Crippen LogP contribution in [0.3, 0.4) is 0 Å². The molecule has 0 aliphatic carbocycles. The predicted molar refractivity (Wildman–Crippen MR) is 83.9 cm³/mol. The Kier molecular flexibility index (Phi) is 4.61. The van der Waals surface area contributed by atoms with E-state index in [0.29, 0.717) is 17.8 Å². The van der Waals surface area contributed by atoms with Crippen LogP contribution in [0.5, 0.6) is 0 Å². The SMILES string of the molecule is Nc1cccc(CNC(=O)c2c(Br)cccc2Br)c1. The van der Waals surface area contributed by atoms with Crippen LogP contribution in [0.2, 0.25) is 0 Å². The van der Waals surface area contributed by atoms with Gasteiger partial charge >= 0.3 is 0 Å². The number of anilines is 1. The highest BCUT2D eigenvalue weighted by Gasteiger charge is 2.13. The fraction of sp³-hybridized carbons (Fsp3) is 0.0714. The molecule has 3 N–H and O–H groups in total. The van der Waals surface area contributed by atoms with Crippen molar-refractivity contribution in [3.63, 3.8) is 0 Å². The molecule has 0 atom stereocenters. The maximum Gasteiger partial charge on any atom is 0.253 e. The van der Waals surface area contributed by atoms with Crippen LogP contribution in [0, 0.1) is 0 Å². The van der Waals surface area contributed by atoms with Gasteiger partial charge in [-0.25, -0.2) is 0 Å². The highest BCUT2D eigenvalue weighted by atomic mass is 79.9. The largest absolute Gasteiger partial charge is 0.399 e. The molecule has 0 aromatic heterocycles. The van der Waals surface area contributed by atoms with E-state index in [0.717, 1.165) is 14.5 Å². The monoisotopic (exact) mass is 382 g/mol. The number of hydrogen-bond acceptors (Lipinski definition) is 2. The molecule has 0 unspecified atom stereocenters. The Balaban J connectivity index is 2.10. The van der Waals surface area contributed by atoms with E-state index in [2.05, 4.69) is 37.2 Å². The molecule has 0 aliphatic rings. The zero-order valence-corrected chi connectivity index (χ0v) is 13.2. The van der Waals surface area contributed by atoms with E-state index in [1.165, 1.54) is 0 Å². The molecule has 2 rings (SSSR count). The molecule has 0 saturated heterocycles. The van der Waals surface area contributed by atoms with E-state index in [-0.39, 0.29) is 5.91 Å². The van der Waals surface area contributed by atoms with Crippen molar-refractivity contribution < 1.29 is 4.79 Å². The Hall–Kier alpha value is -1.33. The molecule has 0 fully saturated rings. The molecule has 2 aromatic rings. The van der Waals surface area contributed by atoms with E-state index in [1.807, 2.05) is 42.5 Å². The lowest BCUT2D eigenvalue weighted by atomic mass is 10.2. The minimum Gasteiger partial charge on any atom is -0.399 e. The van der Waals surface area contributed by atoms with Gasteiger partial charge in [-0.05, 0) is 61.7 Å². The van der Waals surface area contributed by atoms with Crippen molar-refractivity contribution in [1.29, 1.82) is 0 Å². The van der Waals surface area contributed by atoms with Crippen molar-refractivity contribution in [2.75, 3.05) is 5.73 Å². The Bertz CT molecular complexity index is 594. The molecule has 0 radical (unpaired) electrons. The number of rotatable bonds is 3. The van der Waals surface area contributed by atoms with Crippen molar-refractivity contribution in [2.24, 2.45) is 0 Å². The van der Waals surface area contributed by atoms with Gasteiger partial charge in [0.05, 0.1) is 5.56 Å². The summed E-state index contributed by atoms with van der Waals surface area (Å²) in [5, 5.41) is 2.87. The first-order valence-electron chi connectivity index (χ1n) is 5.64. The Morgan fingerprint density at radius 2 is 1.74 bits per heavy atom. The lowest BCUT2D eigenvalue weighted by Crippen LogP contribution is -2.23. The number of nitrogens with one attached hydrogen (secondary N) is 1. The van der Waals surface area contributed by atoms with Crippen LogP contribution in [0.15, 0.2) is 51.4 Å². The molecule has 5 heteroatoms. The first kappa shape index (κ1) is 14.1. The molecule has 2 aromatic carbocycles. The van der Waals surface area contributed by atoms with Crippen LogP contribution >= 0.6 is 31.9 Å². The highest BCUT2D eigenvalue weighted by molar-refractivity contribution is 9.11. The topological polar surface area (TPSA) is 55.1 Å². The molecular formula is C14H12Br2N2O. The van der Waals surface area contributed by atoms with Crippen molar-refractivity contribution in [3.05, 3.63) is 62.5 Å². The van der Waals surface area contributed by atoms with E-state index in [1.54, 1.807) is 0 Å². The normalized spacial score (nSPS) is 10.2. The molecule has 19 heavy (non-hydrogen) atoms. The number of amides is 1. The minimum absolute atomic E-state index is 0.137. The minimum atomic E-state index is -0.137. The Morgan fingerprint density at radius 3 is 2.37 bits per heavy atom. The lowest BCUT2D eigenvalue weighted by Gasteiger charge is -2.09. The number of nitrogens with two attached hydrogens (primary N) is 1. The third kappa shape index (κ3) is 3.58. The van der Waals surface area contributed by atoms with Gasteiger partial charge < -0.3 is 11.1 Å². The van der Waals surface area contributed by atoms with E-state index >= 15 is 0 Å². The van der Waals surface area contributed by atoms with Gasteiger partial charge in [-0.3, -0.25) is 4.79 Å². The second kappa shape index (κ2) is 6.21. The van der Waals surface area contributed by atoms with Crippen LogP contribution in [0.1, 0.15) is 15.9 Å². The maximum atomic E-state index is 12.1. The van der Waals surface area contributed by atoms with Crippen molar-refractivity contribution in [3.8, 4) is 0 Å². The summed E-state index contributed by atoms with van der Waals surface area (Å²) in [6, 6.07) is 13.0. The summed E-state index contributed by atoms with van der Waals surface area (Å²) >= 11 is 6.75. The first-order valence-corrected chi connectivity index (χ1v) is 7.23. The summed E-state index contributed by atoms with van der Waals surface area (Å²) in [6.07, 6.45) is 0. The van der Waals surface area contributed by atoms with Crippen LogP contribution in [0.4, 0.5) is 5.69 Å². The average molecular weight is 384 g/mol. The average Bonchev–Trinajstić information content (AvgIpc) is 2.36. The molecule has 0 heterocycles. The summed E-state index contributed by atoms with van der Waals surface area (Å²) in [4.78, 5) is 12.1. The van der Waals surface area contributed by atoms with Gasteiger partial charge in [0.2, 0.25) is 0 Å². The zero-order valence-electron chi connectivity index (χ0n) is 9.99. The van der Waals surface area contributed by atoms with Crippen molar-refractivity contribution >= 4 is 43.5 Å². The van der Waals surface area contributed by atoms with Gasteiger partial charge in [-0.15, -0.1) is 0 Å². The quantitative estimate of drug-likeness (QED) is 0.793. The van der Waals surface area contributed by atoms with E-state index in [9.17, 15) is 4.79 Å². The number of hydrogen-bond donors (Lipinski definition) is 2. The fourth-order valence-electron chi connectivity index (χ4n) is 1.69. The summed E-state index contributed by atoms with van der Waals surface area (Å²) in [5.74, 6) is -0.137. The van der Waals surface area contributed by atoms with E-state index < -0.39 is 0 Å². The van der Waals surface area contributed by atoms with Gasteiger partial charge in [0.25, 0.3) is 5.91 Å². The molecule has 1 amide bonds. The second-order valence-corrected chi connectivity index (χ2v) is 5.73.